The number of benzene rings is 4. The molecular weight excluding hydrogens is 350 g/mol. The van der Waals surface area contributed by atoms with E-state index in [0.29, 0.717) is 0 Å². The lowest BCUT2D eigenvalue weighted by molar-refractivity contribution is 1.26. The summed E-state index contributed by atoms with van der Waals surface area (Å²) in [6.45, 7) is 0. The number of pyridine rings is 1. The second-order valence-electron chi connectivity index (χ2n) is 7.61. The van der Waals surface area contributed by atoms with Gasteiger partial charge in [0.15, 0.2) is 0 Å². The molecule has 0 amide bonds. The summed E-state index contributed by atoms with van der Waals surface area (Å²) in [7, 11) is 0. The van der Waals surface area contributed by atoms with Gasteiger partial charge in [-0.2, -0.15) is 0 Å². The molecule has 0 fully saturated rings. The van der Waals surface area contributed by atoms with Gasteiger partial charge in [0.05, 0.1) is 11.2 Å². The zero-order chi connectivity index (χ0) is 19.2. The lowest BCUT2D eigenvalue weighted by Gasteiger charge is -2.15. The number of hydrogen-bond acceptors (Lipinski definition) is 1. The molecule has 6 rings (SSSR count). The fraction of sp³-hybridized carbons (Fsp3) is 0.0357. The third kappa shape index (κ3) is 2.59. The molecule has 1 nitrogen and oxygen atoms in total. The van der Waals surface area contributed by atoms with E-state index in [-0.39, 0.29) is 0 Å². The van der Waals surface area contributed by atoms with Crippen molar-refractivity contribution >= 4 is 10.9 Å². The zero-order valence-electron chi connectivity index (χ0n) is 16.0. The Kier molecular flexibility index (Phi) is 3.60. The topological polar surface area (TPSA) is 12.9 Å². The highest BCUT2D eigenvalue weighted by atomic mass is 14.7. The van der Waals surface area contributed by atoms with E-state index in [1.165, 1.54) is 38.8 Å². The molecule has 1 aliphatic rings. The molecule has 0 bridgehead atoms. The Morgan fingerprint density at radius 1 is 0.552 bits per heavy atom. The third-order valence-corrected chi connectivity index (χ3v) is 5.91. The predicted molar refractivity (Wildman–Crippen MR) is 121 cm³/mol. The molecule has 0 N–H and O–H groups in total. The number of para-hydroxylation sites is 1. The largest absolute Gasteiger partial charge is 0.247 e. The Balaban J connectivity index is 1.65. The van der Waals surface area contributed by atoms with Crippen LogP contribution in [0.3, 0.4) is 0 Å². The Morgan fingerprint density at radius 2 is 1.24 bits per heavy atom. The standard InChI is InChI=1S/C28H19N/c1-2-9-19(10-3-1)28-26(18-21-12-5-7-16-27(21)29-28)24-15-8-14-23-22-13-6-4-11-20(22)17-25(23)24/h1-16,18H,17H2. The molecule has 0 spiro atoms. The van der Waals surface area contributed by atoms with Crippen LogP contribution < -0.4 is 0 Å². The summed E-state index contributed by atoms with van der Waals surface area (Å²) in [6, 6.07) is 36.7. The van der Waals surface area contributed by atoms with Crippen molar-refractivity contribution in [1.29, 1.82) is 0 Å². The highest BCUT2D eigenvalue weighted by Gasteiger charge is 2.23. The van der Waals surface area contributed by atoms with E-state index in [0.717, 1.165) is 23.2 Å². The van der Waals surface area contributed by atoms with Crippen molar-refractivity contribution in [3.05, 3.63) is 114 Å². The minimum Gasteiger partial charge on any atom is -0.247 e. The van der Waals surface area contributed by atoms with Gasteiger partial charge >= 0.3 is 0 Å². The summed E-state index contributed by atoms with van der Waals surface area (Å²) < 4.78 is 0. The van der Waals surface area contributed by atoms with Crippen molar-refractivity contribution in [3.63, 3.8) is 0 Å². The molecule has 1 aromatic heterocycles. The smallest absolute Gasteiger partial charge is 0.0788 e. The number of rotatable bonds is 2. The van der Waals surface area contributed by atoms with Crippen LogP contribution in [0.4, 0.5) is 0 Å². The monoisotopic (exact) mass is 369 g/mol. The minimum absolute atomic E-state index is 0.975. The Morgan fingerprint density at radius 3 is 2.14 bits per heavy atom. The van der Waals surface area contributed by atoms with Gasteiger partial charge in [-0.15, -0.1) is 0 Å². The van der Waals surface area contributed by atoms with E-state index in [2.05, 4.69) is 103 Å². The van der Waals surface area contributed by atoms with Gasteiger partial charge in [-0.3, -0.25) is 0 Å². The first-order valence-electron chi connectivity index (χ1n) is 10.0. The van der Waals surface area contributed by atoms with Gasteiger partial charge in [-0.25, -0.2) is 4.98 Å². The molecule has 0 aliphatic heterocycles. The second-order valence-corrected chi connectivity index (χ2v) is 7.61. The van der Waals surface area contributed by atoms with Crippen molar-refractivity contribution < 1.29 is 0 Å². The summed E-state index contributed by atoms with van der Waals surface area (Å²) in [4.78, 5) is 5.10. The van der Waals surface area contributed by atoms with E-state index in [1.807, 2.05) is 0 Å². The number of hydrogen-bond donors (Lipinski definition) is 0. The van der Waals surface area contributed by atoms with Crippen molar-refractivity contribution in [2.24, 2.45) is 0 Å². The zero-order valence-corrected chi connectivity index (χ0v) is 16.0. The summed E-state index contributed by atoms with van der Waals surface area (Å²) in [6.07, 6.45) is 0.975. The molecule has 0 saturated heterocycles. The van der Waals surface area contributed by atoms with E-state index in [9.17, 15) is 0 Å². The SMILES string of the molecule is c1ccc(-c2nc3ccccc3cc2-c2cccc3c2Cc2ccccc2-3)cc1. The van der Waals surface area contributed by atoms with Crippen LogP contribution in [-0.4, -0.2) is 4.98 Å². The maximum Gasteiger partial charge on any atom is 0.0788 e. The van der Waals surface area contributed by atoms with Crippen LogP contribution in [0, 0.1) is 0 Å². The van der Waals surface area contributed by atoms with Gasteiger partial charge < -0.3 is 0 Å². The molecule has 136 valence electrons. The van der Waals surface area contributed by atoms with Crippen molar-refractivity contribution in [3.8, 4) is 33.5 Å². The Labute approximate surface area is 170 Å². The van der Waals surface area contributed by atoms with Gasteiger partial charge in [-0.1, -0.05) is 91.0 Å². The molecule has 0 radical (unpaired) electrons. The molecule has 1 aliphatic carbocycles. The highest BCUT2D eigenvalue weighted by Crippen LogP contribution is 2.43. The lowest BCUT2D eigenvalue weighted by Crippen LogP contribution is -1.94. The molecule has 4 aromatic carbocycles. The Bertz CT molecular complexity index is 1370. The quantitative estimate of drug-likeness (QED) is 0.316. The number of aromatic nitrogens is 1. The van der Waals surface area contributed by atoms with Gasteiger partial charge in [0.2, 0.25) is 0 Å². The van der Waals surface area contributed by atoms with Crippen LogP contribution in [0.1, 0.15) is 11.1 Å². The van der Waals surface area contributed by atoms with Crippen molar-refractivity contribution in [2.45, 2.75) is 6.42 Å². The van der Waals surface area contributed by atoms with Crippen LogP contribution >= 0.6 is 0 Å². The molecule has 0 unspecified atom stereocenters. The van der Waals surface area contributed by atoms with E-state index in [4.69, 9.17) is 4.98 Å². The highest BCUT2D eigenvalue weighted by molar-refractivity contribution is 5.95. The van der Waals surface area contributed by atoms with Crippen LogP contribution in [0.25, 0.3) is 44.4 Å². The summed E-state index contributed by atoms with van der Waals surface area (Å²) in [5.41, 5.74) is 11.3. The van der Waals surface area contributed by atoms with Crippen LogP contribution in [0.5, 0.6) is 0 Å². The fourth-order valence-electron chi connectivity index (χ4n) is 4.55. The summed E-state index contributed by atoms with van der Waals surface area (Å²) >= 11 is 0. The molecule has 0 saturated carbocycles. The lowest BCUT2D eigenvalue weighted by atomic mass is 9.92. The first-order valence-corrected chi connectivity index (χ1v) is 10.0. The van der Waals surface area contributed by atoms with Gasteiger partial charge in [0.25, 0.3) is 0 Å². The van der Waals surface area contributed by atoms with Gasteiger partial charge in [0, 0.05) is 16.5 Å². The Hall–Kier alpha value is -3.71. The fourth-order valence-corrected chi connectivity index (χ4v) is 4.55. The molecule has 1 heterocycles. The van der Waals surface area contributed by atoms with Crippen molar-refractivity contribution in [1.82, 2.24) is 4.98 Å². The summed E-state index contributed by atoms with van der Waals surface area (Å²) in [5.74, 6) is 0. The van der Waals surface area contributed by atoms with Crippen LogP contribution in [0.2, 0.25) is 0 Å². The number of fused-ring (bicyclic) bond motifs is 4. The molecule has 0 atom stereocenters. The maximum atomic E-state index is 5.10. The predicted octanol–water partition coefficient (Wildman–Crippen LogP) is 7.14. The van der Waals surface area contributed by atoms with Crippen LogP contribution in [-0.2, 0) is 6.42 Å². The average Bonchev–Trinajstić information content (AvgIpc) is 3.18. The number of nitrogens with zero attached hydrogens (tertiary/aromatic N) is 1. The van der Waals surface area contributed by atoms with Crippen LogP contribution in [0.15, 0.2) is 103 Å². The van der Waals surface area contributed by atoms with E-state index < -0.39 is 0 Å². The first kappa shape index (κ1) is 16.3. The third-order valence-electron chi connectivity index (χ3n) is 5.91. The van der Waals surface area contributed by atoms with Gasteiger partial charge in [0.1, 0.15) is 0 Å². The maximum absolute atomic E-state index is 5.10. The molecule has 5 aromatic rings. The second kappa shape index (κ2) is 6.42. The van der Waals surface area contributed by atoms with Crippen molar-refractivity contribution in [2.75, 3.05) is 0 Å². The van der Waals surface area contributed by atoms with E-state index in [1.54, 1.807) is 0 Å². The normalized spacial score (nSPS) is 12.0. The minimum atomic E-state index is 0.975. The summed E-state index contributed by atoms with van der Waals surface area (Å²) in [5, 5.41) is 1.18. The molecule has 29 heavy (non-hydrogen) atoms. The first-order chi connectivity index (χ1) is 14.4. The molecule has 1 heteroatoms. The molecular formula is C28H19N. The van der Waals surface area contributed by atoms with E-state index >= 15 is 0 Å². The average molecular weight is 369 g/mol. The van der Waals surface area contributed by atoms with Gasteiger partial charge in [-0.05, 0) is 46.4 Å².